The Bertz CT molecular complexity index is 685. The van der Waals surface area contributed by atoms with Crippen molar-refractivity contribution in [1.82, 2.24) is 0 Å². The molecule has 0 aliphatic heterocycles. The minimum atomic E-state index is -0.419. The summed E-state index contributed by atoms with van der Waals surface area (Å²) in [5, 5.41) is 0.509. The second kappa shape index (κ2) is 6.50. The van der Waals surface area contributed by atoms with Crippen LogP contribution in [0.4, 0.5) is 0 Å². The molecule has 0 amide bonds. The van der Waals surface area contributed by atoms with E-state index in [1.807, 2.05) is 12.1 Å². The number of benzene rings is 1. The topological polar surface area (TPSA) is 48.7 Å². The molecule has 1 aromatic carbocycles. The molecule has 0 radical (unpaired) electrons. The second-order valence-electron chi connectivity index (χ2n) is 4.36. The zero-order chi connectivity index (χ0) is 15.4. The predicted octanol–water partition coefficient (Wildman–Crippen LogP) is 4.18. The van der Waals surface area contributed by atoms with Gasteiger partial charge in [-0.15, -0.1) is 0 Å². The van der Waals surface area contributed by atoms with Gasteiger partial charge in [0.25, 0.3) is 0 Å². The van der Waals surface area contributed by atoms with Crippen molar-refractivity contribution in [3.05, 3.63) is 47.2 Å². The van der Waals surface area contributed by atoms with Crippen LogP contribution in [0.3, 0.4) is 0 Å². The summed E-state index contributed by atoms with van der Waals surface area (Å²) in [5.74, 6) is 1.45. The van der Waals surface area contributed by atoms with Crippen LogP contribution in [0.15, 0.2) is 40.8 Å². The summed E-state index contributed by atoms with van der Waals surface area (Å²) in [6, 6.07) is 9.01. The normalized spacial score (nSPS) is 11.3. The molecule has 0 spiro atoms. The monoisotopic (exact) mass is 306 g/mol. The summed E-state index contributed by atoms with van der Waals surface area (Å²) in [5.41, 5.74) is 1.52. The highest BCUT2D eigenvalue weighted by Gasteiger charge is 2.10. The van der Waals surface area contributed by atoms with Crippen LogP contribution in [-0.2, 0) is 9.53 Å². The van der Waals surface area contributed by atoms with E-state index in [1.54, 1.807) is 32.2 Å². The van der Waals surface area contributed by atoms with Crippen molar-refractivity contribution in [1.29, 1.82) is 0 Å². The lowest BCUT2D eigenvalue weighted by molar-refractivity contribution is -0.134. The van der Waals surface area contributed by atoms with Gasteiger partial charge in [0.15, 0.2) is 0 Å². The van der Waals surface area contributed by atoms with E-state index in [2.05, 4.69) is 4.74 Å². The molecule has 1 heterocycles. The molecule has 0 aliphatic rings. The highest BCUT2D eigenvalue weighted by Crippen LogP contribution is 2.32. The van der Waals surface area contributed by atoms with Crippen LogP contribution in [0.2, 0.25) is 5.02 Å². The summed E-state index contributed by atoms with van der Waals surface area (Å²) in [7, 11) is 2.89. The highest BCUT2D eigenvalue weighted by molar-refractivity contribution is 6.32. The Morgan fingerprint density at radius 1 is 1.24 bits per heavy atom. The highest BCUT2D eigenvalue weighted by atomic mass is 35.5. The van der Waals surface area contributed by atoms with Crippen LogP contribution >= 0.6 is 11.6 Å². The number of methoxy groups -OCH3 is 2. The molecule has 5 heteroatoms. The first-order chi connectivity index (χ1) is 10.0. The SMILES string of the molecule is COC(=O)/C=C(\C)c1ccc(-c2ccc(OC)c(Cl)c2)o1. The maximum atomic E-state index is 11.2. The molecular weight excluding hydrogens is 292 g/mol. The first-order valence-electron chi connectivity index (χ1n) is 6.25. The smallest absolute Gasteiger partial charge is 0.330 e. The van der Waals surface area contributed by atoms with Gasteiger partial charge in [0.1, 0.15) is 17.3 Å². The van der Waals surface area contributed by atoms with Crippen molar-refractivity contribution in [2.45, 2.75) is 6.92 Å². The van der Waals surface area contributed by atoms with Crippen LogP contribution in [0, 0.1) is 0 Å². The number of esters is 1. The van der Waals surface area contributed by atoms with E-state index in [1.165, 1.54) is 13.2 Å². The zero-order valence-electron chi connectivity index (χ0n) is 12.0. The van der Waals surface area contributed by atoms with E-state index in [0.717, 1.165) is 5.56 Å². The van der Waals surface area contributed by atoms with Crippen molar-refractivity contribution in [3.8, 4) is 17.1 Å². The van der Waals surface area contributed by atoms with Gasteiger partial charge in [-0.3, -0.25) is 0 Å². The van der Waals surface area contributed by atoms with Crippen molar-refractivity contribution in [2.75, 3.05) is 14.2 Å². The minimum Gasteiger partial charge on any atom is -0.495 e. The molecular formula is C16H15ClO4. The van der Waals surface area contributed by atoms with Crippen molar-refractivity contribution in [2.24, 2.45) is 0 Å². The van der Waals surface area contributed by atoms with E-state index >= 15 is 0 Å². The van der Waals surface area contributed by atoms with E-state index in [4.69, 9.17) is 20.8 Å². The molecule has 4 nitrogen and oxygen atoms in total. The Balaban J connectivity index is 2.30. The molecule has 0 saturated carbocycles. The number of carbonyl (C=O) groups is 1. The van der Waals surface area contributed by atoms with Gasteiger partial charge in [0, 0.05) is 11.6 Å². The zero-order valence-corrected chi connectivity index (χ0v) is 12.7. The third-order valence-corrected chi connectivity index (χ3v) is 3.26. The number of furan rings is 1. The number of hydrogen-bond donors (Lipinski definition) is 0. The quantitative estimate of drug-likeness (QED) is 0.628. The first kappa shape index (κ1) is 15.2. The van der Waals surface area contributed by atoms with Gasteiger partial charge in [0.2, 0.25) is 0 Å². The molecule has 2 rings (SSSR count). The number of carbonyl (C=O) groups excluding carboxylic acids is 1. The molecule has 0 unspecified atom stereocenters. The average molecular weight is 307 g/mol. The fourth-order valence-electron chi connectivity index (χ4n) is 1.83. The minimum absolute atomic E-state index is 0.419. The fraction of sp³-hybridized carbons (Fsp3) is 0.188. The fourth-order valence-corrected chi connectivity index (χ4v) is 2.09. The van der Waals surface area contributed by atoms with E-state index in [0.29, 0.717) is 27.9 Å². The molecule has 0 aliphatic carbocycles. The van der Waals surface area contributed by atoms with Crippen molar-refractivity contribution >= 4 is 23.1 Å². The number of hydrogen-bond acceptors (Lipinski definition) is 4. The van der Waals surface area contributed by atoms with Crippen LogP contribution in [0.1, 0.15) is 12.7 Å². The molecule has 2 aromatic rings. The molecule has 0 fully saturated rings. The standard InChI is InChI=1S/C16H15ClO4/c1-10(8-16(18)20-3)13-6-7-14(21-13)11-4-5-15(19-2)12(17)9-11/h4-9H,1-3H3/b10-8+. The Kier molecular flexibility index (Phi) is 4.70. The molecule has 21 heavy (non-hydrogen) atoms. The van der Waals surface area contributed by atoms with Crippen LogP contribution in [-0.4, -0.2) is 20.2 Å². The van der Waals surface area contributed by atoms with Crippen LogP contribution in [0.25, 0.3) is 16.9 Å². The van der Waals surface area contributed by atoms with E-state index in [-0.39, 0.29) is 0 Å². The summed E-state index contributed by atoms with van der Waals surface area (Å²) >= 11 is 6.10. The third kappa shape index (κ3) is 3.47. The van der Waals surface area contributed by atoms with Gasteiger partial charge in [-0.25, -0.2) is 4.79 Å². The maximum absolute atomic E-state index is 11.2. The number of halogens is 1. The van der Waals surface area contributed by atoms with Gasteiger partial charge in [-0.2, -0.15) is 0 Å². The summed E-state index contributed by atoms with van der Waals surface area (Å²) in [6.45, 7) is 1.78. The molecule has 110 valence electrons. The Hall–Kier alpha value is -2.20. The number of allylic oxidation sites excluding steroid dienone is 1. The van der Waals surface area contributed by atoms with E-state index in [9.17, 15) is 4.79 Å². The summed E-state index contributed by atoms with van der Waals surface area (Å²) in [6.07, 6.45) is 1.38. The Morgan fingerprint density at radius 2 is 2.00 bits per heavy atom. The summed E-state index contributed by atoms with van der Waals surface area (Å²) in [4.78, 5) is 11.2. The Labute approximate surface area is 127 Å². The lowest BCUT2D eigenvalue weighted by atomic mass is 10.1. The van der Waals surface area contributed by atoms with Crippen molar-refractivity contribution in [3.63, 3.8) is 0 Å². The molecule has 0 N–H and O–H groups in total. The summed E-state index contributed by atoms with van der Waals surface area (Å²) < 4.78 is 15.4. The average Bonchev–Trinajstić information content (AvgIpc) is 2.96. The van der Waals surface area contributed by atoms with Gasteiger partial charge < -0.3 is 13.9 Å². The molecule has 0 saturated heterocycles. The lowest BCUT2D eigenvalue weighted by Crippen LogP contribution is -1.95. The first-order valence-corrected chi connectivity index (χ1v) is 6.63. The third-order valence-electron chi connectivity index (χ3n) is 2.97. The lowest BCUT2D eigenvalue weighted by Gasteiger charge is -2.04. The Morgan fingerprint density at radius 3 is 2.62 bits per heavy atom. The van der Waals surface area contributed by atoms with Gasteiger partial charge in [-0.1, -0.05) is 11.6 Å². The predicted molar refractivity (Wildman–Crippen MR) is 81.4 cm³/mol. The largest absolute Gasteiger partial charge is 0.495 e. The molecule has 0 bridgehead atoms. The van der Waals surface area contributed by atoms with Gasteiger partial charge in [-0.05, 0) is 42.8 Å². The molecule has 0 atom stereocenters. The second-order valence-corrected chi connectivity index (χ2v) is 4.77. The maximum Gasteiger partial charge on any atom is 0.330 e. The van der Waals surface area contributed by atoms with Crippen molar-refractivity contribution < 1.29 is 18.7 Å². The number of rotatable bonds is 4. The van der Waals surface area contributed by atoms with E-state index < -0.39 is 5.97 Å². The van der Waals surface area contributed by atoms with Gasteiger partial charge >= 0.3 is 5.97 Å². The van der Waals surface area contributed by atoms with Crippen LogP contribution < -0.4 is 4.74 Å². The number of ether oxygens (including phenoxy) is 2. The molecule has 1 aromatic heterocycles. The van der Waals surface area contributed by atoms with Gasteiger partial charge in [0.05, 0.1) is 19.2 Å². The van der Waals surface area contributed by atoms with Crippen LogP contribution in [0.5, 0.6) is 5.75 Å².